The molecule has 0 fully saturated rings. The molecule has 0 bridgehead atoms. The van der Waals surface area contributed by atoms with Crippen LogP contribution >= 0.6 is 11.8 Å². The molecule has 1 atom stereocenters. The van der Waals surface area contributed by atoms with E-state index in [4.69, 9.17) is 0 Å². The number of pyridine rings is 1. The summed E-state index contributed by atoms with van der Waals surface area (Å²) in [6.07, 6.45) is 1.64. The van der Waals surface area contributed by atoms with Crippen molar-refractivity contribution in [1.82, 2.24) is 25.1 Å². The number of nitrogens with one attached hydrogen (secondary N) is 2. The second-order valence-corrected chi connectivity index (χ2v) is 8.91. The highest BCUT2D eigenvalue weighted by molar-refractivity contribution is 7.99. The normalized spacial score (nSPS) is 11.9. The molecule has 2 aromatic heterocycles. The minimum Gasteiger partial charge on any atom is -0.342 e. The summed E-state index contributed by atoms with van der Waals surface area (Å²) in [4.78, 5) is 29.3. The van der Waals surface area contributed by atoms with Crippen molar-refractivity contribution in [1.29, 1.82) is 0 Å². The van der Waals surface area contributed by atoms with Gasteiger partial charge in [0.2, 0.25) is 5.91 Å². The lowest BCUT2D eigenvalue weighted by Gasteiger charge is -2.21. The molecule has 8 nitrogen and oxygen atoms in total. The topological polar surface area (TPSA) is 102 Å². The van der Waals surface area contributed by atoms with Crippen LogP contribution in [0.5, 0.6) is 0 Å². The van der Waals surface area contributed by atoms with Crippen molar-refractivity contribution in [2.75, 3.05) is 11.1 Å². The number of rotatable bonds is 8. The third-order valence-corrected chi connectivity index (χ3v) is 6.03. The second kappa shape index (κ2) is 10.4. The molecule has 1 aromatic carbocycles. The van der Waals surface area contributed by atoms with Crippen molar-refractivity contribution in [3.8, 4) is 0 Å². The summed E-state index contributed by atoms with van der Waals surface area (Å²) in [6.45, 7) is 7.91. The van der Waals surface area contributed by atoms with Gasteiger partial charge in [0.25, 0.3) is 5.91 Å². The van der Waals surface area contributed by atoms with E-state index in [1.54, 1.807) is 6.20 Å². The van der Waals surface area contributed by atoms with Crippen LogP contribution in [0.2, 0.25) is 0 Å². The van der Waals surface area contributed by atoms with Gasteiger partial charge in [0.15, 0.2) is 11.0 Å². The number of hydrogen-bond acceptors (Lipinski definition) is 6. The summed E-state index contributed by atoms with van der Waals surface area (Å²) in [5.41, 5.74) is 2.59. The fourth-order valence-corrected chi connectivity index (χ4v) is 3.81. The molecular weight excluding hydrogens is 424 g/mol. The van der Waals surface area contributed by atoms with Gasteiger partial charge in [-0.25, -0.2) is 4.98 Å². The summed E-state index contributed by atoms with van der Waals surface area (Å²) in [5.74, 6) is 1.13. The van der Waals surface area contributed by atoms with Gasteiger partial charge >= 0.3 is 0 Å². The molecule has 0 aliphatic rings. The van der Waals surface area contributed by atoms with Gasteiger partial charge in [-0.15, -0.1) is 10.2 Å². The summed E-state index contributed by atoms with van der Waals surface area (Å²) in [5, 5.41) is 15.0. The zero-order valence-electron chi connectivity index (χ0n) is 18.9. The maximum atomic E-state index is 12.7. The van der Waals surface area contributed by atoms with Crippen molar-refractivity contribution in [2.45, 2.75) is 38.9 Å². The van der Waals surface area contributed by atoms with Crippen LogP contribution in [0.15, 0.2) is 47.8 Å². The number of hydrogen-bond donors (Lipinski definition) is 2. The molecule has 0 aliphatic carbocycles. The Labute approximate surface area is 192 Å². The molecule has 168 valence electrons. The van der Waals surface area contributed by atoms with Crippen molar-refractivity contribution in [2.24, 2.45) is 13.0 Å². The number of amides is 2. The van der Waals surface area contributed by atoms with Crippen LogP contribution in [0.3, 0.4) is 0 Å². The molecule has 0 unspecified atom stereocenters. The molecular formula is C23H28N6O2S. The average molecular weight is 453 g/mol. The minimum atomic E-state index is -0.319. The Bertz CT molecular complexity index is 1090. The molecule has 0 radical (unpaired) electrons. The molecule has 32 heavy (non-hydrogen) atoms. The van der Waals surface area contributed by atoms with Crippen LogP contribution in [-0.4, -0.2) is 37.3 Å². The molecule has 9 heteroatoms. The molecule has 2 heterocycles. The molecule has 0 spiro atoms. The quantitative estimate of drug-likeness (QED) is 0.506. The average Bonchev–Trinajstić information content (AvgIpc) is 3.12. The van der Waals surface area contributed by atoms with E-state index in [9.17, 15) is 9.59 Å². The van der Waals surface area contributed by atoms with Gasteiger partial charge in [0, 0.05) is 18.8 Å². The van der Waals surface area contributed by atoms with Gasteiger partial charge in [0.1, 0.15) is 5.82 Å². The van der Waals surface area contributed by atoms with Crippen molar-refractivity contribution < 1.29 is 9.59 Å². The first-order valence-corrected chi connectivity index (χ1v) is 11.4. The van der Waals surface area contributed by atoms with Crippen LogP contribution in [-0.2, 0) is 11.8 Å². The third kappa shape index (κ3) is 5.73. The van der Waals surface area contributed by atoms with Crippen molar-refractivity contribution in [3.63, 3.8) is 0 Å². The Kier molecular flexibility index (Phi) is 7.63. The summed E-state index contributed by atoms with van der Waals surface area (Å²) < 4.78 is 1.82. The Morgan fingerprint density at radius 1 is 1.09 bits per heavy atom. The van der Waals surface area contributed by atoms with E-state index in [1.807, 2.05) is 75.7 Å². The van der Waals surface area contributed by atoms with Crippen LogP contribution in [0, 0.1) is 19.8 Å². The zero-order valence-corrected chi connectivity index (χ0v) is 19.7. The first-order chi connectivity index (χ1) is 15.3. The highest BCUT2D eigenvalue weighted by Crippen LogP contribution is 2.24. The van der Waals surface area contributed by atoms with E-state index in [2.05, 4.69) is 25.8 Å². The van der Waals surface area contributed by atoms with Gasteiger partial charge in [-0.2, -0.15) is 0 Å². The second-order valence-electron chi connectivity index (χ2n) is 7.97. The molecule has 0 saturated carbocycles. The Morgan fingerprint density at radius 2 is 1.81 bits per heavy atom. The predicted octanol–water partition coefficient (Wildman–Crippen LogP) is 3.68. The lowest BCUT2D eigenvalue weighted by molar-refractivity contribution is -0.113. The van der Waals surface area contributed by atoms with E-state index in [-0.39, 0.29) is 29.5 Å². The predicted molar refractivity (Wildman–Crippen MR) is 126 cm³/mol. The van der Waals surface area contributed by atoms with Crippen molar-refractivity contribution >= 4 is 29.4 Å². The Hall–Kier alpha value is -3.20. The largest absolute Gasteiger partial charge is 0.342 e. The molecule has 3 rings (SSSR count). The third-order valence-electron chi connectivity index (χ3n) is 5.01. The van der Waals surface area contributed by atoms with Gasteiger partial charge in [-0.3, -0.25) is 9.59 Å². The molecule has 3 aromatic rings. The van der Waals surface area contributed by atoms with Gasteiger partial charge in [-0.05, 0) is 43.5 Å². The van der Waals surface area contributed by atoms with Crippen LogP contribution < -0.4 is 10.6 Å². The van der Waals surface area contributed by atoms with Gasteiger partial charge in [0.05, 0.1) is 11.8 Å². The number of nitrogens with zero attached hydrogens (tertiary/aromatic N) is 4. The highest BCUT2D eigenvalue weighted by Gasteiger charge is 2.25. The minimum absolute atomic E-state index is 0.0978. The van der Waals surface area contributed by atoms with E-state index >= 15 is 0 Å². The van der Waals surface area contributed by atoms with E-state index in [0.717, 1.165) is 11.1 Å². The number of aromatic nitrogens is 4. The monoisotopic (exact) mass is 452 g/mol. The Balaban J connectivity index is 1.67. The number of aryl methyl sites for hydroxylation is 2. The van der Waals surface area contributed by atoms with Crippen LogP contribution in [0.1, 0.15) is 47.2 Å². The lowest BCUT2D eigenvalue weighted by atomic mass is 10.0. The van der Waals surface area contributed by atoms with Crippen LogP contribution in [0.25, 0.3) is 0 Å². The van der Waals surface area contributed by atoms with Gasteiger partial charge < -0.3 is 15.2 Å². The molecule has 2 amide bonds. The summed E-state index contributed by atoms with van der Waals surface area (Å²) in [6, 6.07) is 10.8. The summed E-state index contributed by atoms with van der Waals surface area (Å²) in [7, 11) is 1.84. The fourth-order valence-electron chi connectivity index (χ4n) is 3.10. The maximum Gasteiger partial charge on any atom is 0.251 e. The summed E-state index contributed by atoms with van der Waals surface area (Å²) >= 11 is 1.28. The molecule has 2 N–H and O–H groups in total. The number of anilines is 1. The molecule has 0 aliphatic heterocycles. The maximum absolute atomic E-state index is 12.7. The molecule has 0 saturated heterocycles. The zero-order chi connectivity index (χ0) is 23.3. The first-order valence-electron chi connectivity index (χ1n) is 10.4. The number of carbonyl (C=O) groups is 2. The van der Waals surface area contributed by atoms with Crippen molar-refractivity contribution in [3.05, 3.63) is 65.1 Å². The number of carbonyl (C=O) groups excluding carboxylic acids is 2. The first kappa shape index (κ1) is 23.5. The van der Waals surface area contributed by atoms with E-state index < -0.39 is 0 Å². The smallest absolute Gasteiger partial charge is 0.251 e. The Morgan fingerprint density at radius 3 is 2.47 bits per heavy atom. The SMILES string of the molecule is Cc1ccc(C(=O)N[C@H](c2nnc(SCC(=O)Nc3ncccc3C)n2C)C(C)C)cc1. The highest BCUT2D eigenvalue weighted by atomic mass is 32.2. The number of benzene rings is 1. The van der Waals surface area contributed by atoms with Gasteiger partial charge in [-0.1, -0.05) is 49.4 Å². The lowest BCUT2D eigenvalue weighted by Crippen LogP contribution is -2.33. The van der Waals surface area contributed by atoms with E-state index in [1.165, 1.54) is 11.8 Å². The van der Waals surface area contributed by atoms with Crippen LogP contribution in [0.4, 0.5) is 5.82 Å². The fraction of sp³-hybridized carbons (Fsp3) is 0.348. The standard InChI is InChI=1S/C23H28N6O2S/c1-14(2)19(26-22(31)17-10-8-15(3)9-11-17)21-27-28-23(29(21)5)32-13-18(30)25-20-16(4)7-6-12-24-20/h6-12,14,19H,13H2,1-5H3,(H,26,31)(H,24,25,30)/t19-/m0/s1. The van der Waals surface area contributed by atoms with E-state index in [0.29, 0.717) is 22.4 Å². The number of thioether (sulfide) groups is 1.